The highest BCUT2D eigenvalue weighted by molar-refractivity contribution is 7.17. The number of thiophene rings is 1. The molecule has 0 radical (unpaired) electrons. The minimum absolute atomic E-state index is 0.531. The van der Waals surface area contributed by atoms with Crippen LogP contribution in [-0.2, 0) is 6.54 Å². The number of aromatic nitrogens is 4. The normalized spacial score (nSPS) is 16.2. The van der Waals surface area contributed by atoms with Crippen molar-refractivity contribution in [2.45, 2.75) is 25.4 Å². The van der Waals surface area contributed by atoms with Gasteiger partial charge in [0.25, 0.3) is 0 Å². The third kappa shape index (κ3) is 2.42. The molecule has 0 amide bonds. The van der Waals surface area contributed by atoms with Crippen LogP contribution in [0.5, 0.6) is 0 Å². The highest BCUT2D eigenvalue weighted by atomic mass is 32.1. The van der Waals surface area contributed by atoms with Crippen molar-refractivity contribution in [3.05, 3.63) is 47.6 Å². The van der Waals surface area contributed by atoms with E-state index in [1.165, 1.54) is 28.3 Å². The highest BCUT2D eigenvalue weighted by Gasteiger charge is 2.29. The molecule has 6 nitrogen and oxygen atoms in total. The van der Waals surface area contributed by atoms with Crippen LogP contribution < -0.4 is 9.80 Å². The SMILES string of the molecule is C=C1c2sc(N(C)C)cc2CN1c1cccc(-c2nncn2C2CC2)n1. The van der Waals surface area contributed by atoms with E-state index in [9.17, 15) is 0 Å². The Labute approximate surface area is 156 Å². The van der Waals surface area contributed by atoms with Gasteiger partial charge in [0.05, 0.1) is 22.1 Å². The van der Waals surface area contributed by atoms with E-state index in [1.54, 1.807) is 11.3 Å². The van der Waals surface area contributed by atoms with Gasteiger partial charge in [0.15, 0.2) is 5.82 Å². The molecule has 0 spiro atoms. The fourth-order valence-electron chi connectivity index (χ4n) is 3.35. The molecule has 0 N–H and O–H groups in total. The summed E-state index contributed by atoms with van der Waals surface area (Å²) in [4.78, 5) is 10.5. The van der Waals surface area contributed by atoms with Crippen molar-refractivity contribution in [2.24, 2.45) is 0 Å². The van der Waals surface area contributed by atoms with Crippen molar-refractivity contribution in [1.82, 2.24) is 19.7 Å². The molecule has 1 aliphatic heterocycles. The summed E-state index contributed by atoms with van der Waals surface area (Å²) >= 11 is 1.78. The predicted molar refractivity (Wildman–Crippen MR) is 105 cm³/mol. The van der Waals surface area contributed by atoms with Crippen molar-refractivity contribution < 1.29 is 0 Å². The zero-order valence-electron chi connectivity index (χ0n) is 14.9. The number of nitrogens with zero attached hydrogens (tertiary/aromatic N) is 6. The van der Waals surface area contributed by atoms with Crippen LogP contribution in [0, 0.1) is 0 Å². The Bertz CT molecular complexity index is 997. The molecule has 1 aliphatic carbocycles. The number of fused-ring (bicyclic) bond motifs is 1. The van der Waals surface area contributed by atoms with Crippen molar-refractivity contribution in [2.75, 3.05) is 23.9 Å². The molecule has 132 valence electrons. The Morgan fingerprint density at radius 2 is 2.12 bits per heavy atom. The van der Waals surface area contributed by atoms with Crippen molar-refractivity contribution in [3.8, 4) is 11.5 Å². The number of anilines is 2. The van der Waals surface area contributed by atoms with Gasteiger partial charge in [0.1, 0.15) is 17.8 Å². The summed E-state index contributed by atoms with van der Waals surface area (Å²) in [5.41, 5.74) is 3.20. The Balaban J connectivity index is 1.47. The predicted octanol–water partition coefficient (Wildman–Crippen LogP) is 3.79. The van der Waals surface area contributed by atoms with E-state index in [2.05, 4.69) is 51.3 Å². The highest BCUT2D eigenvalue weighted by Crippen LogP contribution is 2.43. The first-order chi connectivity index (χ1) is 12.6. The summed E-state index contributed by atoms with van der Waals surface area (Å²) in [6, 6.07) is 8.86. The van der Waals surface area contributed by atoms with E-state index < -0.39 is 0 Å². The molecular formula is C19H20N6S. The van der Waals surface area contributed by atoms with E-state index in [-0.39, 0.29) is 0 Å². The molecule has 4 heterocycles. The summed E-state index contributed by atoms with van der Waals surface area (Å²) in [7, 11) is 4.14. The molecule has 3 aromatic heterocycles. The lowest BCUT2D eigenvalue weighted by Gasteiger charge is -2.19. The zero-order valence-corrected chi connectivity index (χ0v) is 15.7. The fraction of sp³-hybridized carbons (Fsp3) is 0.316. The Hall–Kier alpha value is -2.67. The van der Waals surface area contributed by atoms with Crippen molar-refractivity contribution in [1.29, 1.82) is 0 Å². The van der Waals surface area contributed by atoms with E-state index in [1.807, 2.05) is 24.5 Å². The second-order valence-corrected chi connectivity index (χ2v) is 8.07. The quantitative estimate of drug-likeness (QED) is 0.705. The summed E-state index contributed by atoms with van der Waals surface area (Å²) < 4.78 is 2.14. The van der Waals surface area contributed by atoms with Gasteiger partial charge in [-0.3, -0.25) is 0 Å². The van der Waals surface area contributed by atoms with Crippen LogP contribution in [0.2, 0.25) is 0 Å². The number of hydrogen-bond acceptors (Lipinski definition) is 6. The fourth-order valence-corrected chi connectivity index (χ4v) is 4.42. The molecular weight excluding hydrogens is 344 g/mol. The molecule has 0 atom stereocenters. The first-order valence-corrected chi connectivity index (χ1v) is 9.57. The van der Waals surface area contributed by atoms with Gasteiger partial charge in [-0.05, 0) is 36.6 Å². The van der Waals surface area contributed by atoms with E-state index in [4.69, 9.17) is 4.98 Å². The average molecular weight is 364 g/mol. The molecule has 0 bridgehead atoms. The minimum Gasteiger partial charge on any atom is -0.370 e. The summed E-state index contributed by atoms with van der Waals surface area (Å²) in [6.45, 7) is 5.13. The molecule has 7 heteroatoms. The molecule has 3 aromatic rings. The first-order valence-electron chi connectivity index (χ1n) is 8.75. The van der Waals surface area contributed by atoms with Crippen LogP contribution in [0.3, 0.4) is 0 Å². The minimum atomic E-state index is 0.531. The number of pyridine rings is 1. The molecule has 5 rings (SSSR count). The summed E-state index contributed by atoms with van der Waals surface area (Å²) in [5.74, 6) is 1.76. The topological polar surface area (TPSA) is 50.1 Å². The van der Waals surface area contributed by atoms with Gasteiger partial charge in [0.2, 0.25) is 0 Å². The van der Waals surface area contributed by atoms with Crippen LogP contribution in [-0.4, -0.2) is 33.8 Å². The molecule has 0 saturated heterocycles. The number of rotatable bonds is 4. The lowest BCUT2D eigenvalue weighted by molar-refractivity contribution is 0.743. The van der Waals surface area contributed by atoms with Crippen molar-refractivity contribution in [3.63, 3.8) is 0 Å². The van der Waals surface area contributed by atoms with Crippen molar-refractivity contribution >= 4 is 27.9 Å². The van der Waals surface area contributed by atoms with Gasteiger partial charge in [-0.25, -0.2) is 4.98 Å². The maximum absolute atomic E-state index is 4.87. The smallest absolute Gasteiger partial charge is 0.182 e. The van der Waals surface area contributed by atoms with Gasteiger partial charge in [0, 0.05) is 20.1 Å². The van der Waals surface area contributed by atoms with E-state index in [0.717, 1.165) is 29.6 Å². The summed E-state index contributed by atoms with van der Waals surface area (Å²) in [6.07, 6.45) is 4.21. The maximum atomic E-state index is 4.87. The number of hydrogen-bond donors (Lipinski definition) is 0. The van der Waals surface area contributed by atoms with Gasteiger partial charge in [-0.1, -0.05) is 12.6 Å². The average Bonchev–Trinajstić information content (AvgIpc) is 3.08. The van der Waals surface area contributed by atoms with Crippen LogP contribution in [0.1, 0.15) is 29.3 Å². The Morgan fingerprint density at radius 1 is 1.27 bits per heavy atom. The Morgan fingerprint density at radius 3 is 2.85 bits per heavy atom. The molecule has 0 aromatic carbocycles. The van der Waals surface area contributed by atoms with Gasteiger partial charge in [-0.15, -0.1) is 21.5 Å². The lowest BCUT2D eigenvalue weighted by atomic mass is 10.3. The molecule has 1 saturated carbocycles. The molecule has 2 aliphatic rings. The zero-order chi connectivity index (χ0) is 17.8. The Kier molecular flexibility index (Phi) is 3.40. The van der Waals surface area contributed by atoms with E-state index in [0.29, 0.717) is 6.04 Å². The third-order valence-electron chi connectivity index (χ3n) is 4.91. The monoisotopic (exact) mass is 364 g/mol. The van der Waals surface area contributed by atoms with Crippen LogP contribution >= 0.6 is 11.3 Å². The first kappa shape index (κ1) is 15.6. The summed E-state index contributed by atoms with van der Waals surface area (Å²) in [5, 5.41) is 9.65. The second-order valence-electron chi connectivity index (χ2n) is 7.04. The largest absolute Gasteiger partial charge is 0.370 e. The maximum Gasteiger partial charge on any atom is 0.182 e. The van der Waals surface area contributed by atoms with Gasteiger partial charge < -0.3 is 14.4 Å². The third-order valence-corrected chi connectivity index (χ3v) is 6.30. The van der Waals surface area contributed by atoms with Crippen LogP contribution in [0.15, 0.2) is 37.2 Å². The van der Waals surface area contributed by atoms with Gasteiger partial charge >= 0.3 is 0 Å². The standard InChI is InChI=1S/C19H20N6S/c1-12-18-13(9-17(26-18)23(2)3)10-24(12)16-6-4-5-15(21-16)19-22-20-11-25(19)14-7-8-14/h4-6,9,11,14H,1,7-8,10H2,2-3H3. The lowest BCUT2D eigenvalue weighted by Crippen LogP contribution is -2.15. The van der Waals surface area contributed by atoms with Gasteiger partial charge in [-0.2, -0.15) is 0 Å². The molecule has 1 fully saturated rings. The van der Waals surface area contributed by atoms with Crippen LogP contribution in [0.25, 0.3) is 17.2 Å². The second kappa shape index (κ2) is 5.67. The van der Waals surface area contributed by atoms with E-state index >= 15 is 0 Å². The van der Waals surface area contributed by atoms with Crippen LogP contribution in [0.4, 0.5) is 10.8 Å². The molecule has 0 unspecified atom stereocenters. The molecule has 26 heavy (non-hydrogen) atoms.